The van der Waals surface area contributed by atoms with Crippen molar-refractivity contribution in [3.63, 3.8) is 0 Å². The largest absolute Gasteiger partial charge is 0.548 e. The van der Waals surface area contributed by atoms with Crippen LogP contribution in [-0.2, 0) is 28.9 Å². The number of hydrogen-bond donors (Lipinski definition) is 3. The average molecular weight is 490 g/mol. The maximum atomic E-state index is 12.7. The molecule has 0 radical (unpaired) electrons. The molecule has 2 aromatic heterocycles. The van der Waals surface area contributed by atoms with Gasteiger partial charge in [-0.1, -0.05) is 0 Å². The van der Waals surface area contributed by atoms with Crippen LogP contribution in [0.3, 0.4) is 0 Å². The van der Waals surface area contributed by atoms with Crippen LogP contribution in [0.1, 0.15) is 35.1 Å². The van der Waals surface area contributed by atoms with Gasteiger partial charge in [-0.05, 0) is 79.6 Å². The van der Waals surface area contributed by atoms with Gasteiger partial charge in [0.05, 0.1) is 17.4 Å². The summed E-state index contributed by atoms with van der Waals surface area (Å²) in [7, 11) is 0. The molecule has 1 amide bonds. The second-order valence-electron chi connectivity index (χ2n) is 9.17. The molecule has 0 saturated carbocycles. The van der Waals surface area contributed by atoms with E-state index in [1.54, 1.807) is 24.4 Å². The van der Waals surface area contributed by atoms with Gasteiger partial charge in [-0.15, -0.1) is 0 Å². The van der Waals surface area contributed by atoms with E-state index in [1.165, 1.54) is 12.1 Å². The van der Waals surface area contributed by atoms with E-state index >= 15 is 0 Å². The summed E-state index contributed by atoms with van der Waals surface area (Å²) < 4.78 is 11.4. The third-order valence-corrected chi connectivity index (χ3v) is 6.58. The van der Waals surface area contributed by atoms with Crippen molar-refractivity contribution in [1.82, 2.24) is 10.3 Å². The number of aromatic hydroxyl groups is 1. The summed E-state index contributed by atoms with van der Waals surface area (Å²) in [6, 6.07) is 6.97. The van der Waals surface area contributed by atoms with Crippen molar-refractivity contribution in [2.75, 3.05) is 6.61 Å². The Hall–Kier alpha value is -4.27. The first-order valence-electron chi connectivity index (χ1n) is 11.8. The molecular weight excluding hydrogens is 464 g/mol. The van der Waals surface area contributed by atoms with E-state index in [2.05, 4.69) is 10.3 Å². The van der Waals surface area contributed by atoms with E-state index in [0.717, 1.165) is 35.9 Å². The van der Waals surface area contributed by atoms with Gasteiger partial charge in [0.15, 0.2) is 6.61 Å². The molecule has 0 fully saturated rings. The Morgan fingerprint density at radius 3 is 2.75 bits per heavy atom. The Balaban J connectivity index is 1.35. The van der Waals surface area contributed by atoms with Crippen LogP contribution in [0.5, 0.6) is 11.5 Å². The lowest BCUT2D eigenvalue weighted by atomic mass is 9.90. The first kappa shape index (κ1) is 23.5. The summed E-state index contributed by atoms with van der Waals surface area (Å²) in [4.78, 5) is 39.9. The van der Waals surface area contributed by atoms with E-state index in [1.807, 2.05) is 6.92 Å². The minimum atomic E-state index is -1.44. The number of fused-ring (bicyclic) bond motifs is 4. The number of amides is 1. The molecule has 1 aliphatic rings. The predicted octanol–water partition coefficient (Wildman–Crippen LogP) is 2.02. The van der Waals surface area contributed by atoms with Crippen LogP contribution < -0.4 is 20.8 Å². The molecule has 1 aliphatic carbocycles. The Bertz CT molecular complexity index is 1550. The van der Waals surface area contributed by atoms with Gasteiger partial charge >= 0.3 is 5.63 Å². The quantitative estimate of drug-likeness (QED) is 0.337. The molecule has 9 heteroatoms. The summed E-state index contributed by atoms with van der Waals surface area (Å²) in [5, 5.41) is 25.4. The molecule has 1 atom stereocenters. The van der Waals surface area contributed by atoms with E-state index in [9.17, 15) is 24.6 Å². The van der Waals surface area contributed by atoms with Crippen LogP contribution in [0.25, 0.3) is 21.9 Å². The van der Waals surface area contributed by atoms with E-state index < -0.39 is 24.5 Å². The van der Waals surface area contributed by atoms with Crippen LogP contribution in [0.2, 0.25) is 0 Å². The molecule has 5 rings (SSSR count). The number of phenolic OH excluding ortho intramolecular Hbond substituents is 1. The van der Waals surface area contributed by atoms with Crippen LogP contribution in [-0.4, -0.2) is 34.6 Å². The maximum Gasteiger partial charge on any atom is 0.339 e. The second-order valence-corrected chi connectivity index (χ2v) is 9.17. The summed E-state index contributed by atoms with van der Waals surface area (Å²) in [6.07, 6.45) is 4.81. The zero-order valence-corrected chi connectivity index (χ0v) is 19.7. The van der Waals surface area contributed by atoms with Gasteiger partial charge in [-0.2, -0.15) is 0 Å². The Morgan fingerprint density at radius 2 is 1.97 bits per heavy atom. The molecule has 9 nitrogen and oxygen atoms in total. The number of hydrogen-bond acceptors (Lipinski definition) is 7. The maximum absolute atomic E-state index is 12.7. The number of aliphatic carboxylic acids is 1. The van der Waals surface area contributed by atoms with Crippen LogP contribution in [0, 0.1) is 6.92 Å². The number of rotatable bonds is 7. The Morgan fingerprint density at radius 1 is 1.19 bits per heavy atom. The molecule has 186 valence electrons. The van der Waals surface area contributed by atoms with Crippen molar-refractivity contribution in [2.45, 2.75) is 45.1 Å². The Kier molecular flexibility index (Phi) is 6.13. The number of carbonyl (C=O) groups excluding carboxylic acids is 2. The number of H-pyrrole nitrogens is 1. The molecule has 0 saturated heterocycles. The normalized spacial score (nSPS) is 13.9. The lowest BCUT2D eigenvalue weighted by Crippen LogP contribution is -2.50. The first-order chi connectivity index (χ1) is 17.3. The van der Waals surface area contributed by atoms with Crippen molar-refractivity contribution >= 4 is 33.7 Å². The molecule has 0 bridgehead atoms. The van der Waals surface area contributed by atoms with Crippen molar-refractivity contribution in [3.05, 3.63) is 69.2 Å². The fourth-order valence-electron chi connectivity index (χ4n) is 4.91. The highest BCUT2D eigenvalue weighted by Gasteiger charge is 2.22. The van der Waals surface area contributed by atoms with Gasteiger partial charge in [0.1, 0.15) is 17.1 Å². The highest BCUT2D eigenvalue weighted by atomic mass is 16.5. The van der Waals surface area contributed by atoms with Gasteiger partial charge in [0, 0.05) is 29.1 Å². The highest BCUT2D eigenvalue weighted by Crippen LogP contribution is 2.34. The van der Waals surface area contributed by atoms with Gasteiger partial charge in [-0.3, -0.25) is 4.79 Å². The molecule has 0 aliphatic heterocycles. The standard InChI is InChI=1S/C27H26N2O7/c1-14-8-22(25-17-4-2-3-5-18(17)27(34)36-23(25)9-14)35-13-24(31)29-21(26(32)33)10-15-12-28-20-7-6-16(30)11-19(15)20/h6-9,11-12,21,28,30H,2-5,10,13H2,1H3,(H,29,31)(H,32,33)/p-1/t21-/m1/s1. The van der Waals surface area contributed by atoms with Crippen molar-refractivity contribution in [1.29, 1.82) is 0 Å². The molecule has 4 aromatic rings. The SMILES string of the molecule is Cc1cc(OCC(=O)N[C@H](Cc2c[nH]c3ccc(O)cc23)C(=O)[O-])c2c3c(c(=O)oc2c1)CCCC3. The fourth-order valence-corrected chi connectivity index (χ4v) is 4.91. The summed E-state index contributed by atoms with van der Waals surface area (Å²) in [5.41, 5.74) is 3.75. The van der Waals surface area contributed by atoms with E-state index in [4.69, 9.17) is 9.15 Å². The number of carboxylic acid groups (broad SMARTS) is 1. The van der Waals surface area contributed by atoms with Crippen LogP contribution in [0.15, 0.2) is 45.7 Å². The minimum absolute atomic E-state index is 0.0381. The van der Waals surface area contributed by atoms with Crippen molar-refractivity contribution < 1.29 is 29.0 Å². The molecule has 2 aromatic carbocycles. The number of carbonyl (C=O) groups is 2. The molecule has 2 heterocycles. The zero-order valence-electron chi connectivity index (χ0n) is 19.7. The summed E-state index contributed by atoms with van der Waals surface area (Å²) >= 11 is 0. The molecule has 3 N–H and O–H groups in total. The first-order valence-corrected chi connectivity index (χ1v) is 11.8. The van der Waals surface area contributed by atoms with Crippen molar-refractivity contribution in [2.24, 2.45) is 0 Å². The van der Waals surface area contributed by atoms with Gasteiger partial charge in [0.2, 0.25) is 0 Å². The second kappa shape index (κ2) is 9.41. The number of ether oxygens (including phenoxy) is 1. The third-order valence-electron chi connectivity index (χ3n) is 6.58. The number of nitrogens with one attached hydrogen (secondary N) is 2. The van der Waals surface area contributed by atoms with Crippen LogP contribution >= 0.6 is 0 Å². The lowest BCUT2D eigenvalue weighted by molar-refractivity contribution is -0.308. The minimum Gasteiger partial charge on any atom is -0.548 e. The fraction of sp³-hybridized carbons (Fsp3) is 0.296. The molecule has 0 unspecified atom stereocenters. The smallest absolute Gasteiger partial charge is 0.339 e. The average Bonchev–Trinajstić information content (AvgIpc) is 3.23. The van der Waals surface area contributed by atoms with Gasteiger partial charge in [0.25, 0.3) is 5.91 Å². The van der Waals surface area contributed by atoms with Crippen LogP contribution in [0.4, 0.5) is 0 Å². The topological polar surface area (TPSA) is 145 Å². The van der Waals surface area contributed by atoms with Gasteiger partial charge in [-0.25, -0.2) is 4.79 Å². The van der Waals surface area contributed by atoms with E-state index in [0.29, 0.717) is 39.7 Å². The molecule has 0 spiro atoms. The Labute approximate surface area is 205 Å². The summed E-state index contributed by atoms with van der Waals surface area (Å²) in [5.74, 6) is -1.60. The molecule has 36 heavy (non-hydrogen) atoms. The third kappa shape index (κ3) is 4.51. The lowest BCUT2D eigenvalue weighted by Gasteiger charge is -2.21. The number of aromatic nitrogens is 1. The zero-order chi connectivity index (χ0) is 25.4. The number of benzene rings is 2. The summed E-state index contributed by atoms with van der Waals surface area (Å²) in [6.45, 7) is 1.40. The number of phenols is 1. The van der Waals surface area contributed by atoms with Gasteiger partial charge < -0.3 is 34.5 Å². The van der Waals surface area contributed by atoms with E-state index in [-0.39, 0.29) is 17.8 Å². The number of carboxylic acids is 1. The number of aryl methyl sites for hydroxylation is 2. The predicted molar refractivity (Wildman–Crippen MR) is 130 cm³/mol. The van der Waals surface area contributed by atoms with Crippen molar-refractivity contribution in [3.8, 4) is 11.5 Å². The highest BCUT2D eigenvalue weighted by molar-refractivity contribution is 5.90. The number of aromatic amines is 1. The molecular formula is C27H25N2O7-. The monoisotopic (exact) mass is 489 g/mol.